The minimum Gasteiger partial charge on any atom is -0.478 e. The van der Waals surface area contributed by atoms with Crippen molar-refractivity contribution < 1.29 is 19.0 Å². The fraction of sp³-hybridized carbons (Fsp3) is 0.0625. The average Bonchev–Trinajstić information content (AvgIpc) is 2.42. The van der Waals surface area contributed by atoms with Gasteiger partial charge >= 0.3 is 5.97 Å². The van der Waals surface area contributed by atoms with Gasteiger partial charge in [0, 0.05) is 11.1 Å². The lowest BCUT2D eigenvalue weighted by molar-refractivity contribution is -0.131. The number of benzene rings is 2. The molecule has 3 nitrogen and oxygen atoms in total. The fourth-order valence-electron chi connectivity index (χ4n) is 1.74. The van der Waals surface area contributed by atoms with Gasteiger partial charge in [0.25, 0.3) is 0 Å². The molecule has 0 aromatic heterocycles. The first-order chi connectivity index (χ1) is 9.95. The van der Waals surface area contributed by atoms with Crippen LogP contribution in [0.15, 0.2) is 48.5 Å². The number of carboxylic acids is 1. The van der Waals surface area contributed by atoms with Crippen molar-refractivity contribution in [2.75, 3.05) is 0 Å². The van der Waals surface area contributed by atoms with E-state index in [-0.39, 0.29) is 5.75 Å². The highest BCUT2D eigenvalue weighted by Crippen LogP contribution is 2.27. The Bertz CT molecular complexity index is 693. The third kappa shape index (κ3) is 4.07. The van der Waals surface area contributed by atoms with Gasteiger partial charge in [0.2, 0.25) is 0 Å². The summed E-state index contributed by atoms with van der Waals surface area (Å²) < 4.78 is 19.0. The molecule has 0 aliphatic rings. The van der Waals surface area contributed by atoms with Gasteiger partial charge in [-0.2, -0.15) is 0 Å². The number of hydrogen-bond acceptors (Lipinski definition) is 2. The summed E-state index contributed by atoms with van der Waals surface area (Å²) >= 11 is 5.67. The van der Waals surface area contributed by atoms with E-state index in [0.717, 1.165) is 11.6 Å². The molecule has 108 valence electrons. The van der Waals surface area contributed by atoms with Crippen molar-refractivity contribution in [2.45, 2.75) is 6.92 Å². The molecule has 2 rings (SSSR count). The maximum absolute atomic E-state index is 13.6. The molecule has 0 fully saturated rings. The monoisotopic (exact) mass is 306 g/mol. The second-order valence-electron chi connectivity index (χ2n) is 4.37. The van der Waals surface area contributed by atoms with Gasteiger partial charge in [-0.15, -0.1) is 0 Å². The zero-order valence-corrected chi connectivity index (χ0v) is 11.9. The summed E-state index contributed by atoms with van der Waals surface area (Å²) in [5.41, 5.74) is 1.37. The highest BCUT2D eigenvalue weighted by molar-refractivity contribution is 6.30. The number of ether oxygens (including phenoxy) is 1. The van der Waals surface area contributed by atoms with E-state index < -0.39 is 11.8 Å². The third-order valence-electron chi connectivity index (χ3n) is 2.77. The molecule has 0 spiro atoms. The molecule has 2 aromatic rings. The van der Waals surface area contributed by atoms with Crippen LogP contribution >= 0.6 is 11.6 Å². The molecule has 0 aliphatic carbocycles. The first-order valence-corrected chi connectivity index (χ1v) is 6.48. The van der Waals surface area contributed by atoms with Crippen LogP contribution in [0.3, 0.4) is 0 Å². The summed E-state index contributed by atoms with van der Waals surface area (Å²) in [6.45, 7) is 1.70. The van der Waals surface area contributed by atoms with E-state index in [1.54, 1.807) is 31.2 Å². The number of rotatable bonds is 4. The Labute approximate surface area is 126 Å². The number of carbonyl (C=O) groups is 1. The van der Waals surface area contributed by atoms with E-state index in [0.29, 0.717) is 16.3 Å². The minimum atomic E-state index is -1.00. The molecule has 0 aliphatic heterocycles. The van der Waals surface area contributed by atoms with Crippen molar-refractivity contribution >= 4 is 23.1 Å². The second-order valence-corrected chi connectivity index (χ2v) is 4.80. The lowest BCUT2D eigenvalue weighted by atomic mass is 10.1. The van der Waals surface area contributed by atoms with Crippen LogP contribution in [0.4, 0.5) is 4.39 Å². The minimum absolute atomic E-state index is 0.0740. The van der Waals surface area contributed by atoms with Crippen molar-refractivity contribution in [1.82, 2.24) is 0 Å². The van der Waals surface area contributed by atoms with Gasteiger partial charge in [0.05, 0.1) is 0 Å². The van der Waals surface area contributed by atoms with Crippen LogP contribution in [0.5, 0.6) is 11.5 Å². The summed E-state index contributed by atoms with van der Waals surface area (Å²) in [7, 11) is 0. The predicted octanol–water partition coefficient (Wildman–Crippen LogP) is 4.76. The van der Waals surface area contributed by atoms with Crippen LogP contribution in [-0.4, -0.2) is 11.1 Å². The molecule has 21 heavy (non-hydrogen) atoms. The standard InChI is InChI=1S/C16H12ClFO3/c1-10(8-16(19)20)11-2-5-13(6-3-11)21-15-7-4-12(17)9-14(15)18/h2-9H,1H3,(H,19,20). The molecule has 0 unspecified atom stereocenters. The summed E-state index contributed by atoms with van der Waals surface area (Å²) in [6, 6.07) is 10.8. The Morgan fingerprint density at radius 3 is 2.48 bits per heavy atom. The Morgan fingerprint density at radius 2 is 1.90 bits per heavy atom. The second kappa shape index (κ2) is 6.41. The Morgan fingerprint density at radius 1 is 1.24 bits per heavy atom. The maximum atomic E-state index is 13.6. The van der Waals surface area contributed by atoms with Crippen molar-refractivity contribution in [1.29, 1.82) is 0 Å². The molecular weight excluding hydrogens is 295 g/mol. The summed E-state index contributed by atoms with van der Waals surface area (Å²) in [6.07, 6.45) is 1.12. The molecule has 0 radical (unpaired) electrons. The fourth-order valence-corrected chi connectivity index (χ4v) is 1.90. The molecule has 0 heterocycles. The molecule has 0 saturated heterocycles. The van der Waals surface area contributed by atoms with Crippen molar-refractivity contribution in [3.05, 3.63) is 64.9 Å². The molecule has 0 atom stereocenters. The number of halogens is 2. The molecule has 0 bridgehead atoms. The highest BCUT2D eigenvalue weighted by atomic mass is 35.5. The maximum Gasteiger partial charge on any atom is 0.328 e. The number of allylic oxidation sites excluding steroid dienone is 1. The van der Waals surface area contributed by atoms with Crippen molar-refractivity contribution in [2.24, 2.45) is 0 Å². The quantitative estimate of drug-likeness (QED) is 0.828. The average molecular weight is 307 g/mol. The summed E-state index contributed by atoms with van der Waals surface area (Å²) in [4.78, 5) is 10.6. The smallest absolute Gasteiger partial charge is 0.328 e. The first kappa shape index (κ1) is 15.1. The van der Waals surface area contributed by atoms with Crippen molar-refractivity contribution in [3.63, 3.8) is 0 Å². The van der Waals surface area contributed by atoms with Gasteiger partial charge in [-0.1, -0.05) is 23.7 Å². The van der Waals surface area contributed by atoms with Crippen LogP contribution in [0.1, 0.15) is 12.5 Å². The molecule has 5 heteroatoms. The van der Waals surface area contributed by atoms with E-state index in [9.17, 15) is 9.18 Å². The van der Waals surface area contributed by atoms with Gasteiger partial charge < -0.3 is 9.84 Å². The number of aliphatic carboxylic acids is 1. The van der Waals surface area contributed by atoms with Gasteiger partial charge in [-0.05, 0) is 48.4 Å². The van der Waals surface area contributed by atoms with Crippen molar-refractivity contribution in [3.8, 4) is 11.5 Å². The van der Waals surface area contributed by atoms with E-state index in [1.807, 2.05) is 0 Å². The van der Waals surface area contributed by atoms with Crippen LogP contribution in [0.25, 0.3) is 5.57 Å². The highest BCUT2D eigenvalue weighted by Gasteiger charge is 2.06. The van der Waals surface area contributed by atoms with Gasteiger partial charge in [-0.3, -0.25) is 0 Å². The third-order valence-corrected chi connectivity index (χ3v) is 3.01. The normalized spacial score (nSPS) is 11.3. The predicted molar refractivity (Wildman–Crippen MR) is 79.2 cm³/mol. The van der Waals surface area contributed by atoms with E-state index >= 15 is 0 Å². The zero-order chi connectivity index (χ0) is 15.4. The number of hydrogen-bond donors (Lipinski definition) is 1. The van der Waals surface area contributed by atoms with Crippen LogP contribution in [0, 0.1) is 5.82 Å². The lowest BCUT2D eigenvalue weighted by Crippen LogP contribution is -1.91. The topological polar surface area (TPSA) is 46.5 Å². The van der Waals surface area contributed by atoms with E-state index in [1.165, 1.54) is 18.2 Å². The Kier molecular flexibility index (Phi) is 4.60. The largest absolute Gasteiger partial charge is 0.478 e. The summed E-state index contributed by atoms with van der Waals surface area (Å²) in [5.74, 6) is -1.03. The lowest BCUT2D eigenvalue weighted by Gasteiger charge is -2.08. The van der Waals surface area contributed by atoms with Crippen LogP contribution in [0.2, 0.25) is 5.02 Å². The van der Waals surface area contributed by atoms with Gasteiger partial charge in [0.15, 0.2) is 11.6 Å². The Hall–Kier alpha value is -2.33. The van der Waals surface area contributed by atoms with Crippen LogP contribution in [-0.2, 0) is 4.79 Å². The summed E-state index contributed by atoms with van der Waals surface area (Å²) in [5, 5.41) is 8.99. The Balaban J connectivity index is 2.18. The van der Waals surface area contributed by atoms with Crippen LogP contribution < -0.4 is 4.74 Å². The van der Waals surface area contributed by atoms with Gasteiger partial charge in [-0.25, -0.2) is 9.18 Å². The molecule has 0 amide bonds. The first-order valence-electron chi connectivity index (χ1n) is 6.10. The molecule has 0 saturated carbocycles. The van der Waals surface area contributed by atoms with E-state index in [4.69, 9.17) is 21.4 Å². The molecular formula is C16H12ClFO3. The SMILES string of the molecule is CC(=CC(=O)O)c1ccc(Oc2ccc(Cl)cc2F)cc1. The molecule has 1 N–H and O–H groups in total. The zero-order valence-electron chi connectivity index (χ0n) is 11.1. The molecule has 2 aromatic carbocycles. The number of carboxylic acid groups (broad SMARTS) is 1. The van der Waals surface area contributed by atoms with E-state index in [2.05, 4.69) is 0 Å². The van der Waals surface area contributed by atoms with Gasteiger partial charge in [0.1, 0.15) is 5.75 Å².